The number of rotatable bonds is 9. The fourth-order valence-corrected chi connectivity index (χ4v) is 4.19. The zero-order chi connectivity index (χ0) is 25.8. The summed E-state index contributed by atoms with van der Waals surface area (Å²) in [5.41, 5.74) is 8.11. The van der Waals surface area contributed by atoms with Crippen LogP contribution in [0.2, 0.25) is 0 Å². The van der Waals surface area contributed by atoms with Gasteiger partial charge in [-0.25, -0.2) is 0 Å². The monoisotopic (exact) mass is 476 g/mol. The summed E-state index contributed by atoms with van der Waals surface area (Å²) in [7, 11) is 0. The van der Waals surface area contributed by atoms with Crippen LogP contribution < -0.4 is 11.5 Å². The van der Waals surface area contributed by atoms with E-state index in [4.69, 9.17) is 11.5 Å². The smallest absolute Gasteiger partial charge is 0.193 e. The third kappa shape index (κ3) is 4.09. The maximum absolute atomic E-state index is 14.1. The summed E-state index contributed by atoms with van der Waals surface area (Å²) in [4.78, 5) is 56.3. The van der Waals surface area contributed by atoms with Crippen LogP contribution in [0.4, 0.5) is 0 Å². The molecule has 0 amide bonds. The molecule has 0 atom stereocenters. The van der Waals surface area contributed by atoms with Gasteiger partial charge in [0.05, 0.1) is 0 Å². The van der Waals surface area contributed by atoms with Crippen LogP contribution in [-0.4, -0.2) is 34.2 Å². The van der Waals surface area contributed by atoms with Crippen molar-refractivity contribution in [2.45, 2.75) is 11.1 Å². The van der Waals surface area contributed by atoms with Crippen LogP contribution in [0.3, 0.4) is 0 Å². The zero-order valence-corrected chi connectivity index (χ0v) is 19.3. The molecule has 0 bridgehead atoms. The summed E-state index contributed by atoms with van der Waals surface area (Å²) in [5, 5.41) is 0. The number of Topliss-reactive ketones (excluding diaryl/α,β-unsaturated/α-hetero) is 4. The maximum Gasteiger partial charge on any atom is 0.193 e. The Morgan fingerprint density at radius 3 is 0.694 bits per heavy atom. The Hall–Kier alpha value is -4.52. The Bertz CT molecular complexity index is 1190. The number of carbonyl (C=O) groups is 4. The Balaban J connectivity index is 2.04. The van der Waals surface area contributed by atoms with Crippen LogP contribution in [0, 0.1) is 0 Å². The van der Waals surface area contributed by atoms with Crippen molar-refractivity contribution in [3.8, 4) is 0 Å². The lowest BCUT2D eigenvalue weighted by Crippen LogP contribution is -2.80. The first-order valence-electron chi connectivity index (χ1n) is 11.3. The minimum atomic E-state index is -2.77. The standard InChI is InChI=1S/C30H24N2O4/c31-29(25(33)21-13-5-1-6-14-21,26(34)22-15-7-2-8-16-22)30(32,27(35)23-17-9-3-10-18-23)28(36)24-19-11-4-12-20-24/h1-20H,31-32H2. The van der Waals surface area contributed by atoms with Crippen LogP contribution in [0.1, 0.15) is 41.4 Å². The quantitative estimate of drug-likeness (QED) is 0.279. The molecule has 4 rings (SSSR count). The van der Waals surface area contributed by atoms with Crippen molar-refractivity contribution >= 4 is 23.1 Å². The van der Waals surface area contributed by atoms with Crippen molar-refractivity contribution in [3.05, 3.63) is 144 Å². The SMILES string of the molecule is NC(C(=O)c1ccccc1)(C(=O)c1ccccc1)C(N)(C(=O)c1ccccc1)C(=O)c1ccccc1. The lowest BCUT2D eigenvalue weighted by molar-refractivity contribution is 0.0539. The van der Waals surface area contributed by atoms with Crippen molar-refractivity contribution in [1.29, 1.82) is 0 Å². The first-order chi connectivity index (χ1) is 17.3. The third-order valence-corrected chi connectivity index (χ3v) is 6.20. The van der Waals surface area contributed by atoms with Gasteiger partial charge in [0.15, 0.2) is 34.2 Å². The van der Waals surface area contributed by atoms with E-state index in [0.717, 1.165) is 0 Å². The molecule has 0 saturated heterocycles. The highest BCUT2D eigenvalue weighted by atomic mass is 16.2. The number of carbonyl (C=O) groups excluding carboxylic acids is 4. The average molecular weight is 477 g/mol. The molecule has 0 aromatic heterocycles. The summed E-state index contributed by atoms with van der Waals surface area (Å²) < 4.78 is 0. The van der Waals surface area contributed by atoms with E-state index in [1.54, 1.807) is 72.8 Å². The fraction of sp³-hybridized carbons (Fsp3) is 0.0667. The molecule has 4 aromatic carbocycles. The molecule has 0 radical (unpaired) electrons. The molecule has 6 nitrogen and oxygen atoms in total. The number of ketones is 4. The second-order valence-corrected chi connectivity index (χ2v) is 8.40. The third-order valence-electron chi connectivity index (χ3n) is 6.20. The highest BCUT2D eigenvalue weighted by Crippen LogP contribution is 2.33. The largest absolute Gasteiger partial charge is 0.310 e. The molecular formula is C30H24N2O4. The number of hydrogen-bond donors (Lipinski definition) is 2. The van der Waals surface area contributed by atoms with Crippen LogP contribution in [0.25, 0.3) is 0 Å². The topological polar surface area (TPSA) is 120 Å². The first-order valence-corrected chi connectivity index (χ1v) is 11.3. The van der Waals surface area contributed by atoms with Gasteiger partial charge < -0.3 is 11.5 Å². The van der Waals surface area contributed by atoms with E-state index in [1.165, 1.54) is 48.5 Å². The molecule has 4 N–H and O–H groups in total. The molecule has 36 heavy (non-hydrogen) atoms. The summed E-state index contributed by atoms with van der Waals surface area (Å²) in [6.45, 7) is 0. The minimum absolute atomic E-state index is 0.0424. The fourth-order valence-electron chi connectivity index (χ4n) is 4.19. The molecule has 4 aromatic rings. The lowest BCUT2D eigenvalue weighted by atomic mass is 9.63. The van der Waals surface area contributed by atoms with Crippen molar-refractivity contribution in [2.24, 2.45) is 11.5 Å². The predicted octanol–water partition coefficient (Wildman–Crippen LogP) is 3.91. The van der Waals surface area contributed by atoms with E-state index >= 15 is 0 Å². The average Bonchev–Trinajstić information content (AvgIpc) is 2.96. The van der Waals surface area contributed by atoms with E-state index in [0.29, 0.717) is 0 Å². The molecule has 6 heteroatoms. The van der Waals surface area contributed by atoms with Crippen LogP contribution in [0.5, 0.6) is 0 Å². The Kier molecular flexibility index (Phi) is 6.83. The van der Waals surface area contributed by atoms with Crippen molar-refractivity contribution in [2.75, 3.05) is 0 Å². The van der Waals surface area contributed by atoms with Crippen molar-refractivity contribution in [1.82, 2.24) is 0 Å². The zero-order valence-electron chi connectivity index (χ0n) is 19.3. The molecule has 0 aliphatic rings. The van der Waals surface area contributed by atoms with Gasteiger partial charge in [0.1, 0.15) is 0 Å². The Morgan fingerprint density at radius 1 is 0.361 bits per heavy atom. The molecule has 0 heterocycles. The van der Waals surface area contributed by atoms with E-state index in [9.17, 15) is 19.2 Å². The Labute approximate surface area is 208 Å². The van der Waals surface area contributed by atoms with Crippen molar-refractivity contribution in [3.63, 3.8) is 0 Å². The van der Waals surface area contributed by atoms with Crippen molar-refractivity contribution < 1.29 is 19.2 Å². The van der Waals surface area contributed by atoms with Gasteiger partial charge in [0.2, 0.25) is 0 Å². The first kappa shape index (κ1) is 24.6. The van der Waals surface area contributed by atoms with Gasteiger partial charge in [-0.05, 0) is 0 Å². The van der Waals surface area contributed by atoms with Gasteiger partial charge >= 0.3 is 0 Å². The molecule has 0 spiro atoms. The van der Waals surface area contributed by atoms with Gasteiger partial charge in [0.25, 0.3) is 0 Å². The van der Waals surface area contributed by atoms with Gasteiger partial charge in [0, 0.05) is 22.3 Å². The normalized spacial score (nSPS) is 11.5. The van der Waals surface area contributed by atoms with E-state index < -0.39 is 34.2 Å². The molecule has 178 valence electrons. The molecule has 0 aliphatic carbocycles. The van der Waals surface area contributed by atoms with Gasteiger partial charge in [-0.2, -0.15) is 0 Å². The maximum atomic E-state index is 14.1. The van der Waals surface area contributed by atoms with E-state index in [1.807, 2.05) is 0 Å². The summed E-state index contributed by atoms with van der Waals surface area (Å²) in [6, 6.07) is 31.2. The molecular weight excluding hydrogens is 452 g/mol. The number of benzene rings is 4. The molecule has 0 unspecified atom stereocenters. The molecule has 0 saturated carbocycles. The van der Waals surface area contributed by atoms with Gasteiger partial charge in [-0.3, -0.25) is 19.2 Å². The summed E-state index contributed by atoms with van der Waals surface area (Å²) >= 11 is 0. The second-order valence-electron chi connectivity index (χ2n) is 8.40. The summed E-state index contributed by atoms with van der Waals surface area (Å²) in [6.07, 6.45) is 0. The van der Waals surface area contributed by atoms with E-state index in [2.05, 4.69) is 0 Å². The molecule has 0 aliphatic heterocycles. The van der Waals surface area contributed by atoms with Crippen LogP contribution in [-0.2, 0) is 0 Å². The minimum Gasteiger partial charge on any atom is -0.310 e. The highest BCUT2D eigenvalue weighted by molar-refractivity contribution is 6.37. The Morgan fingerprint density at radius 2 is 0.528 bits per heavy atom. The van der Waals surface area contributed by atoms with Gasteiger partial charge in [-0.15, -0.1) is 0 Å². The number of nitrogens with two attached hydrogens (primary N) is 2. The number of hydrogen-bond acceptors (Lipinski definition) is 6. The second kappa shape index (κ2) is 10.00. The lowest BCUT2D eigenvalue weighted by Gasteiger charge is -2.41. The van der Waals surface area contributed by atoms with E-state index in [-0.39, 0.29) is 22.3 Å². The highest BCUT2D eigenvalue weighted by Gasteiger charge is 2.65. The summed E-state index contributed by atoms with van der Waals surface area (Å²) in [5.74, 6) is -3.75. The predicted molar refractivity (Wildman–Crippen MR) is 137 cm³/mol. The van der Waals surface area contributed by atoms with Crippen LogP contribution in [0.15, 0.2) is 121 Å². The van der Waals surface area contributed by atoms with Gasteiger partial charge in [-0.1, -0.05) is 121 Å². The van der Waals surface area contributed by atoms with Crippen LogP contribution >= 0.6 is 0 Å². The molecule has 0 fully saturated rings.